The van der Waals surface area contributed by atoms with Crippen LogP contribution in [0.2, 0.25) is 5.02 Å². The maximum atomic E-state index is 5.87. The SMILES string of the molecule is ClCCc1cn(Cc2ncc(-c3ccc(Cl)cc3)o2)nn1. The van der Waals surface area contributed by atoms with E-state index < -0.39 is 0 Å². The van der Waals surface area contributed by atoms with Crippen molar-refractivity contribution >= 4 is 23.2 Å². The summed E-state index contributed by atoms with van der Waals surface area (Å²) in [5.74, 6) is 1.79. The molecule has 3 rings (SSSR count). The molecule has 3 aromatic rings. The molecule has 1 aromatic carbocycles. The number of rotatable bonds is 5. The van der Waals surface area contributed by atoms with Crippen LogP contribution in [0.1, 0.15) is 11.6 Å². The lowest BCUT2D eigenvalue weighted by atomic mass is 10.2. The predicted octanol–water partition coefficient (Wildman–Crippen LogP) is 3.42. The second kappa shape index (κ2) is 6.28. The molecule has 0 fully saturated rings. The third-order valence-corrected chi connectivity index (χ3v) is 3.36. The van der Waals surface area contributed by atoms with Crippen LogP contribution in [0.25, 0.3) is 11.3 Å². The summed E-state index contributed by atoms with van der Waals surface area (Å²) in [7, 11) is 0. The third kappa shape index (κ3) is 3.43. The molecule has 0 spiro atoms. The molecule has 0 aliphatic heterocycles. The van der Waals surface area contributed by atoms with Gasteiger partial charge in [-0.05, 0) is 24.3 Å². The van der Waals surface area contributed by atoms with Crippen molar-refractivity contribution in [1.29, 1.82) is 0 Å². The number of nitrogens with zero attached hydrogens (tertiary/aromatic N) is 4. The van der Waals surface area contributed by atoms with Crippen LogP contribution in [0.15, 0.2) is 41.1 Å². The molecule has 0 saturated heterocycles. The van der Waals surface area contributed by atoms with E-state index >= 15 is 0 Å². The van der Waals surface area contributed by atoms with E-state index in [1.807, 2.05) is 30.5 Å². The average molecular weight is 323 g/mol. The molecule has 0 unspecified atom stereocenters. The van der Waals surface area contributed by atoms with Crippen molar-refractivity contribution in [3.63, 3.8) is 0 Å². The first-order valence-corrected chi connectivity index (χ1v) is 7.31. The van der Waals surface area contributed by atoms with Crippen LogP contribution in [0.3, 0.4) is 0 Å². The normalized spacial score (nSPS) is 11.0. The van der Waals surface area contributed by atoms with Crippen molar-refractivity contribution in [3.05, 3.63) is 53.3 Å². The molecule has 108 valence electrons. The minimum absolute atomic E-state index is 0.433. The summed E-state index contributed by atoms with van der Waals surface area (Å²) in [6.45, 7) is 0.433. The Labute approximate surface area is 131 Å². The topological polar surface area (TPSA) is 56.7 Å². The van der Waals surface area contributed by atoms with Crippen LogP contribution in [0, 0.1) is 0 Å². The molecule has 0 saturated carbocycles. The van der Waals surface area contributed by atoms with Crippen molar-refractivity contribution in [3.8, 4) is 11.3 Å². The lowest BCUT2D eigenvalue weighted by molar-refractivity contribution is 0.469. The van der Waals surface area contributed by atoms with E-state index in [-0.39, 0.29) is 0 Å². The highest BCUT2D eigenvalue weighted by Gasteiger charge is 2.08. The van der Waals surface area contributed by atoms with Gasteiger partial charge in [0.2, 0.25) is 5.89 Å². The van der Waals surface area contributed by atoms with Crippen molar-refractivity contribution in [2.45, 2.75) is 13.0 Å². The fourth-order valence-corrected chi connectivity index (χ4v) is 2.22. The lowest BCUT2D eigenvalue weighted by Gasteiger charge is -1.97. The second-order valence-corrected chi connectivity index (χ2v) is 5.29. The molecule has 7 heteroatoms. The molecular weight excluding hydrogens is 311 g/mol. The smallest absolute Gasteiger partial charge is 0.216 e. The number of halogens is 2. The predicted molar refractivity (Wildman–Crippen MR) is 80.5 cm³/mol. The average Bonchev–Trinajstić information content (AvgIpc) is 3.11. The van der Waals surface area contributed by atoms with E-state index in [4.69, 9.17) is 27.6 Å². The van der Waals surface area contributed by atoms with Gasteiger partial charge >= 0.3 is 0 Å². The fraction of sp³-hybridized carbons (Fsp3) is 0.214. The van der Waals surface area contributed by atoms with Crippen LogP contribution >= 0.6 is 23.2 Å². The highest BCUT2D eigenvalue weighted by molar-refractivity contribution is 6.30. The van der Waals surface area contributed by atoms with Gasteiger partial charge < -0.3 is 4.42 Å². The Morgan fingerprint density at radius 1 is 1.19 bits per heavy atom. The molecule has 0 radical (unpaired) electrons. The van der Waals surface area contributed by atoms with Crippen LogP contribution in [-0.2, 0) is 13.0 Å². The second-order valence-electron chi connectivity index (χ2n) is 4.47. The molecule has 0 aliphatic carbocycles. The van der Waals surface area contributed by atoms with Crippen LogP contribution < -0.4 is 0 Å². The van der Waals surface area contributed by atoms with E-state index in [9.17, 15) is 0 Å². The summed E-state index contributed by atoms with van der Waals surface area (Å²) in [5, 5.41) is 8.72. The number of aryl methyl sites for hydroxylation is 1. The Hall–Kier alpha value is -1.85. The van der Waals surface area contributed by atoms with Gasteiger partial charge in [0.15, 0.2) is 5.76 Å². The number of hydrogen-bond acceptors (Lipinski definition) is 4. The summed E-state index contributed by atoms with van der Waals surface area (Å²) in [6.07, 6.45) is 4.23. The first-order chi connectivity index (χ1) is 10.2. The van der Waals surface area contributed by atoms with Crippen molar-refractivity contribution in [2.75, 3.05) is 5.88 Å². The van der Waals surface area contributed by atoms with Crippen molar-refractivity contribution in [2.24, 2.45) is 0 Å². The maximum Gasteiger partial charge on any atom is 0.216 e. The fourth-order valence-electron chi connectivity index (χ4n) is 1.90. The van der Waals surface area contributed by atoms with Crippen LogP contribution in [0.4, 0.5) is 0 Å². The van der Waals surface area contributed by atoms with Gasteiger partial charge in [0.25, 0.3) is 0 Å². The van der Waals surface area contributed by atoms with E-state index in [1.54, 1.807) is 10.9 Å². The molecular formula is C14H12Cl2N4O. The number of aromatic nitrogens is 4. The number of oxazole rings is 1. The zero-order valence-electron chi connectivity index (χ0n) is 11.0. The molecule has 2 aromatic heterocycles. The zero-order chi connectivity index (χ0) is 14.7. The van der Waals surface area contributed by atoms with Gasteiger partial charge in [-0.1, -0.05) is 16.8 Å². The summed E-state index contributed by atoms with van der Waals surface area (Å²) >= 11 is 11.5. The van der Waals surface area contributed by atoms with E-state index in [2.05, 4.69) is 15.3 Å². The minimum Gasteiger partial charge on any atom is -0.439 e. The molecule has 0 N–H and O–H groups in total. The Morgan fingerprint density at radius 2 is 2.00 bits per heavy atom. The van der Waals surface area contributed by atoms with Gasteiger partial charge in [-0.15, -0.1) is 16.7 Å². The highest BCUT2D eigenvalue weighted by atomic mass is 35.5. The molecule has 0 amide bonds. The van der Waals surface area contributed by atoms with Gasteiger partial charge in [-0.3, -0.25) is 0 Å². The molecule has 21 heavy (non-hydrogen) atoms. The zero-order valence-corrected chi connectivity index (χ0v) is 12.6. The summed E-state index contributed by atoms with van der Waals surface area (Å²) in [4.78, 5) is 4.25. The Balaban J connectivity index is 1.73. The van der Waals surface area contributed by atoms with Crippen molar-refractivity contribution < 1.29 is 4.42 Å². The molecule has 0 aliphatic rings. The van der Waals surface area contributed by atoms with Gasteiger partial charge in [0.1, 0.15) is 6.54 Å². The van der Waals surface area contributed by atoms with Gasteiger partial charge in [0.05, 0.1) is 11.9 Å². The molecule has 0 bridgehead atoms. The largest absolute Gasteiger partial charge is 0.439 e. The van der Waals surface area contributed by atoms with E-state index in [1.165, 1.54) is 0 Å². The molecule has 2 heterocycles. The van der Waals surface area contributed by atoms with Crippen LogP contribution in [-0.4, -0.2) is 25.9 Å². The molecule has 5 nitrogen and oxygen atoms in total. The number of benzene rings is 1. The van der Waals surface area contributed by atoms with Crippen LogP contribution in [0.5, 0.6) is 0 Å². The number of hydrogen-bond donors (Lipinski definition) is 0. The molecule has 0 atom stereocenters. The standard InChI is InChI=1S/C14H12Cl2N4O/c15-6-5-12-8-20(19-18-12)9-14-17-7-13(21-14)10-1-3-11(16)4-2-10/h1-4,7-8H,5-6,9H2. The highest BCUT2D eigenvalue weighted by Crippen LogP contribution is 2.22. The number of alkyl halides is 1. The first-order valence-electron chi connectivity index (χ1n) is 6.40. The van der Waals surface area contributed by atoms with Crippen molar-refractivity contribution in [1.82, 2.24) is 20.0 Å². The Kier molecular flexibility index (Phi) is 4.22. The van der Waals surface area contributed by atoms with Gasteiger partial charge in [-0.2, -0.15) is 0 Å². The monoisotopic (exact) mass is 322 g/mol. The Bertz CT molecular complexity index is 721. The maximum absolute atomic E-state index is 5.87. The van der Waals surface area contributed by atoms with Gasteiger partial charge in [-0.25, -0.2) is 9.67 Å². The van der Waals surface area contributed by atoms with E-state index in [0.717, 1.165) is 11.3 Å². The quantitative estimate of drug-likeness (QED) is 0.675. The Morgan fingerprint density at radius 3 is 2.76 bits per heavy atom. The third-order valence-electron chi connectivity index (χ3n) is 2.92. The minimum atomic E-state index is 0.433. The lowest BCUT2D eigenvalue weighted by Crippen LogP contribution is -2.00. The van der Waals surface area contributed by atoms with Gasteiger partial charge in [0, 0.05) is 29.1 Å². The summed E-state index contributed by atoms with van der Waals surface area (Å²) < 4.78 is 7.39. The van der Waals surface area contributed by atoms with E-state index in [0.29, 0.717) is 35.5 Å². The summed E-state index contributed by atoms with van der Waals surface area (Å²) in [5.41, 5.74) is 1.79. The summed E-state index contributed by atoms with van der Waals surface area (Å²) in [6, 6.07) is 7.41. The first kappa shape index (κ1) is 14.1.